The van der Waals surface area contributed by atoms with Crippen molar-refractivity contribution >= 4 is 16.8 Å². The largest absolute Gasteiger partial charge is 0.489 e. The summed E-state index contributed by atoms with van der Waals surface area (Å²) in [6.45, 7) is 0.457. The molecule has 0 fully saturated rings. The first-order valence-corrected chi connectivity index (χ1v) is 8.63. The summed E-state index contributed by atoms with van der Waals surface area (Å²) in [5, 5.41) is -0.446. The Balaban J connectivity index is 1.63. The molecule has 0 saturated carbocycles. The van der Waals surface area contributed by atoms with Gasteiger partial charge in [-0.05, 0) is 59.3 Å². The molecule has 0 amide bonds. The Labute approximate surface area is 153 Å². The van der Waals surface area contributed by atoms with Crippen molar-refractivity contribution in [2.24, 2.45) is 0 Å². The first-order valence-electron chi connectivity index (χ1n) is 8.26. The van der Waals surface area contributed by atoms with Crippen LogP contribution in [0.15, 0.2) is 78.9 Å². The lowest BCUT2D eigenvalue weighted by molar-refractivity contribution is 0.108. The minimum atomic E-state index is -0.446. The average molecular weight is 351 g/mol. The Morgan fingerprint density at radius 2 is 1.44 bits per heavy atom. The van der Waals surface area contributed by atoms with E-state index in [1.165, 1.54) is 11.1 Å². The van der Waals surface area contributed by atoms with Crippen molar-refractivity contribution in [2.45, 2.75) is 19.4 Å². The number of benzene rings is 3. The number of hydrogen-bond acceptors (Lipinski definition) is 2. The molecule has 0 aliphatic heterocycles. The van der Waals surface area contributed by atoms with Crippen molar-refractivity contribution in [1.82, 2.24) is 0 Å². The second-order valence-corrected chi connectivity index (χ2v) is 6.20. The van der Waals surface area contributed by atoms with E-state index in [1.54, 1.807) is 12.1 Å². The molecule has 0 saturated heterocycles. The molecule has 25 heavy (non-hydrogen) atoms. The molecule has 3 heteroatoms. The van der Waals surface area contributed by atoms with Crippen LogP contribution >= 0.6 is 11.6 Å². The predicted octanol–water partition coefficient (Wildman–Crippen LogP) is 5.43. The van der Waals surface area contributed by atoms with E-state index >= 15 is 0 Å². The van der Waals surface area contributed by atoms with Gasteiger partial charge in [0.05, 0.1) is 0 Å². The maximum absolute atomic E-state index is 11.1. The SMILES string of the molecule is O=C(Cl)c1ccc(COc2ccccc2CCc2ccccc2)cc1. The van der Waals surface area contributed by atoms with Crippen molar-refractivity contribution in [1.29, 1.82) is 0 Å². The van der Waals surface area contributed by atoms with E-state index in [2.05, 4.69) is 30.3 Å². The summed E-state index contributed by atoms with van der Waals surface area (Å²) in [5.41, 5.74) is 4.01. The van der Waals surface area contributed by atoms with Gasteiger partial charge < -0.3 is 4.74 Å². The van der Waals surface area contributed by atoms with E-state index in [0.29, 0.717) is 12.2 Å². The van der Waals surface area contributed by atoms with Crippen LogP contribution in [0, 0.1) is 0 Å². The number of ether oxygens (including phenoxy) is 1. The molecule has 0 unspecified atom stereocenters. The maximum atomic E-state index is 11.1. The standard InChI is InChI=1S/C22H19ClO2/c23-22(24)20-14-11-18(12-15-20)16-25-21-9-5-4-8-19(21)13-10-17-6-2-1-3-7-17/h1-9,11-12,14-15H,10,13,16H2. The molecule has 0 bridgehead atoms. The number of rotatable bonds is 7. The zero-order valence-electron chi connectivity index (χ0n) is 13.8. The van der Waals surface area contributed by atoms with Gasteiger partial charge in [0.25, 0.3) is 5.24 Å². The Morgan fingerprint density at radius 3 is 2.16 bits per heavy atom. The highest BCUT2D eigenvalue weighted by Gasteiger charge is 2.05. The number of hydrogen-bond donors (Lipinski definition) is 0. The second kappa shape index (κ2) is 8.50. The van der Waals surface area contributed by atoms with Crippen LogP contribution in [0.2, 0.25) is 0 Å². The average Bonchev–Trinajstić information content (AvgIpc) is 2.66. The number of halogens is 1. The van der Waals surface area contributed by atoms with Crippen LogP contribution in [-0.2, 0) is 19.4 Å². The van der Waals surface area contributed by atoms with Crippen LogP contribution < -0.4 is 4.74 Å². The van der Waals surface area contributed by atoms with Crippen molar-refractivity contribution < 1.29 is 9.53 Å². The highest BCUT2D eigenvalue weighted by molar-refractivity contribution is 6.67. The molecule has 3 rings (SSSR count). The normalized spacial score (nSPS) is 10.4. The van der Waals surface area contributed by atoms with E-state index in [9.17, 15) is 4.79 Å². The molecule has 2 nitrogen and oxygen atoms in total. The van der Waals surface area contributed by atoms with Crippen LogP contribution in [0.25, 0.3) is 0 Å². The van der Waals surface area contributed by atoms with Gasteiger partial charge in [0.15, 0.2) is 0 Å². The van der Waals surface area contributed by atoms with Gasteiger partial charge in [-0.3, -0.25) is 4.79 Å². The monoisotopic (exact) mass is 350 g/mol. The first-order chi connectivity index (χ1) is 12.2. The molecule has 0 N–H and O–H groups in total. The Bertz CT molecular complexity index is 826. The van der Waals surface area contributed by atoms with Crippen LogP contribution in [-0.4, -0.2) is 5.24 Å². The van der Waals surface area contributed by atoms with Gasteiger partial charge in [-0.25, -0.2) is 0 Å². The van der Waals surface area contributed by atoms with Crippen molar-refractivity contribution in [3.63, 3.8) is 0 Å². The minimum Gasteiger partial charge on any atom is -0.489 e. The van der Waals surface area contributed by atoms with E-state index in [-0.39, 0.29) is 0 Å². The topological polar surface area (TPSA) is 26.3 Å². The summed E-state index contributed by atoms with van der Waals surface area (Å²) in [6.07, 6.45) is 1.91. The van der Waals surface area contributed by atoms with Gasteiger partial charge in [-0.2, -0.15) is 0 Å². The molecule has 0 aliphatic carbocycles. The van der Waals surface area contributed by atoms with Gasteiger partial charge in [0.2, 0.25) is 0 Å². The van der Waals surface area contributed by atoms with Crippen LogP contribution in [0.1, 0.15) is 27.0 Å². The lowest BCUT2D eigenvalue weighted by Crippen LogP contribution is -2.00. The summed E-state index contributed by atoms with van der Waals surface area (Å²) in [6, 6.07) is 25.7. The van der Waals surface area contributed by atoms with Crippen LogP contribution in [0.4, 0.5) is 0 Å². The molecular weight excluding hydrogens is 332 g/mol. The number of aryl methyl sites for hydroxylation is 2. The predicted molar refractivity (Wildman–Crippen MR) is 101 cm³/mol. The molecule has 0 aliphatic rings. The molecule has 0 radical (unpaired) electrons. The minimum absolute atomic E-state index is 0.446. The van der Waals surface area contributed by atoms with Crippen molar-refractivity contribution in [3.05, 3.63) is 101 Å². The summed E-state index contributed by atoms with van der Waals surface area (Å²) >= 11 is 5.46. The highest BCUT2D eigenvalue weighted by atomic mass is 35.5. The molecule has 0 atom stereocenters. The van der Waals surface area contributed by atoms with Crippen LogP contribution in [0.5, 0.6) is 5.75 Å². The van der Waals surface area contributed by atoms with Gasteiger partial charge in [0.1, 0.15) is 12.4 Å². The molecule has 0 spiro atoms. The zero-order chi connectivity index (χ0) is 17.5. The van der Waals surface area contributed by atoms with E-state index in [0.717, 1.165) is 24.2 Å². The van der Waals surface area contributed by atoms with Gasteiger partial charge in [-0.1, -0.05) is 60.7 Å². The van der Waals surface area contributed by atoms with E-state index in [1.807, 2.05) is 36.4 Å². The van der Waals surface area contributed by atoms with Crippen LogP contribution in [0.3, 0.4) is 0 Å². The molecule has 3 aromatic carbocycles. The van der Waals surface area contributed by atoms with Gasteiger partial charge >= 0.3 is 0 Å². The Morgan fingerprint density at radius 1 is 0.760 bits per heavy atom. The summed E-state index contributed by atoms with van der Waals surface area (Å²) in [4.78, 5) is 11.1. The fourth-order valence-electron chi connectivity index (χ4n) is 2.67. The number of para-hydroxylation sites is 1. The zero-order valence-corrected chi connectivity index (χ0v) is 14.6. The van der Waals surface area contributed by atoms with E-state index in [4.69, 9.17) is 16.3 Å². The van der Waals surface area contributed by atoms with Gasteiger partial charge in [-0.15, -0.1) is 0 Å². The summed E-state index contributed by atoms with van der Waals surface area (Å²) in [5.74, 6) is 0.899. The molecular formula is C22H19ClO2. The molecule has 0 aromatic heterocycles. The third-order valence-electron chi connectivity index (χ3n) is 4.07. The quantitative estimate of drug-likeness (QED) is 0.531. The Kier molecular flexibility index (Phi) is 5.86. The maximum Gasteiger partial charge on any atom is 0.252 e. The fourth-order valence-corrected chi connectivity index (χ4v) is 2.79. The number of carbonyl (C=O) groups excluding carboxylic acids is 1. The smallest absolute Gasteiger partial charge is 0.252 e. The first kappa shape index (κ1) is 17.2. The third kappa shape index (κ3) is 4.94. The van der Waals surface area contributed by atoms with Crippen molar-refractivity contribution in [3.8, 4) is 5.75 Å². The number of carbonyl (C=O) groups is 1. The molecule has 126 valence electrons. The lowest BCUT2D eigenvalue weighted by atomic mass is 10.0. The van der Waals surface area contributed by atoms with Gasteiger partial charge in [0, 0.05) is 5.56 Å². The molecule has 3 aromatic rings. The fraction of sp³-hybridized carbons (Fsp3) is 0.136. The third-order valence-corrected chi connectivity index (χ3v) is 4.29. The summed E-state index contributed by atoms with van der Waals surface area (Å²) in [7, 11) is 0. The highest BCUT2D eigenvalue weighted by Crippen LogP contribution is 2.21. The van der Waals surface area contributed by atoms with Crippen molar-refractivity contribution in [2.75, 3.05) is 0 Å². The lowest BCUT2D eigenvalue weighted by Gasteiger charge is -2.12. The second-order valence-electron chi connectivity index (χ2n) is 5.85. The summed E-state index contributed by atoms with van der Waals surface area (Å²) < 4.78 is 5.99. The molecule has 0 heterocycles. The van der Waals surface area contributed by atoms with E-state index < -0.39 is 5.24 Å². The Hall–Kier alpha value is -2.58.